The van der Waals surface area contributed by atoms with Gasteiger partial charge in [0.05, 0.1) is 5.02 Å². The summed E-state index contributed by atoms with van der Waals surface area (Å²) in [6.07, 6.45) is 1.58. The van der Waals surface area contributed by atoms with Crippen LogP contribution in [0.4, 0.5) is 4.39 Å². The highest BCUT2D eigenvalue weighted by Crippen LogP contribution is 2.28. The first-order valence-corrected chi connectivity index (χ1v) is 6.73. The molecule has 1 aromatic rings. The second-order valence-electron chi connectivity index (χ2n) is 5.09. The van der Waals surface area contributed by atoms with Crippen LogP contribution < -0.4 is 5.73 Å². The van der Waals surface area contributed by atoms with Gasteiger partial charge >= 0.3 is 0 Å². The van der Waals surface area contributed by atoms with Crippen LogP contribution in [0.3, 0.4) is 0 Å². The number of benzene rings is 1. The molecule has 2 rings (SSSR count). The van der Waals surface area contributed by atoms with Gasteiger partial charge in [0.2, 0.25) is 0 Å². The molecule has 0 saturated carbocycles. The van der Waals surface area contributed by atoms with Crippen LogP contribution in [0.1, 0.15) is 18.9 Å². The summed E-state index contributed by atoms with van der Waals surface area (Å²) in [5, 5.41) is 0.202. The predicted octanol–water partition coefficient (Wildman–Crippen LogP) is 3.02. The Balaban J connectivity index is 2.06. The molecule has 2 N–H and O–H groups in total. The summed E-state index contributed by atoms with van der Waals surface area (Å²) in [5.41, 5.74) is 7.05. The van der Waals surface area contributed by atoms with E-state index in [2.05, 4.69) is 6.92 Å². The Morgan fingerprint density at radius 1 is 1.56 bits per heavy atom. The van der Waals surface area contributed by atoms with Crippen molar-refractivity contribution in [2.45, 2.75) is 25.8 Å². The second kappa shape index (κ2) is 6.00. The summed E-state index contributed by atoms with van der Waals surface area (Å²) < 4.78 is 18.8. The van der Waals surface area contributed by atoms with Crippen LogP contribution >= 0.6 is 11.6 Å². The van der Waals surface area contributed by atoms with Crippen LogP contribution in [0.2, 0.25) is 5.02 Å². The predicted molar refractivity (Wildman–Crippen MR) is 71.2 cm³/mol. The lowest BCUT2D eigenvalue weighted by molar-refractivity contribution is 0.0157. The van der Waals surface area contributed by atoms with Crippen LogP contribution in [0.15, 0.2) is 18.2 Å². The molecule has 4 heteroatoms. The van der Waals surface area contributed by atoms with Crippen molar-refractivity contribution in [3.8, 4) is 0 Å². The van der Waals surface area contributed by atoms with E-state index in [9.17, 15) is 4.39 Å². The molecule has 100 valence electrons. The summed E-state index contributed by atoms with van der Waals surface area (Å²) in [5.74, 6) is 0.487. The smallest absolute Gasteiger partial charge is 0.142 e. The Morgan fingerprint density at radius 2 is 2.33 bits per heavy atom. The Kier molecular flexibility index (Phi) is 4.60. The molecule has 2 nitrogen and oxygen atoms in total. The quantitative estimate of drug-likeness (QED) is 0.917. The van der Waals surface area contributed by atoms with Gasteiger partial charge in [0.25, 0.3) is 0 Å². The third kappa shape index (κ3) is 3.02. The highest BCUT2D eigenvalue weighted by molar-refractivity contribution is 6.31. The molecule has 1 aliphatic rings. The van der Waals surface area contributed by atoms with Crippen molar-refractivity contribution in [3.63, 3.8) is 0 Å². The SMILES string of the molecule is CC1COCCC1C(N)Cc1cccc(F)c1Cl. The van der Waals surface area contributed by atoms with E-state index in [0.29, 0.717) is 18.3 Å². The normalized spacial score (nSPS) is 26.0. The lowest BCUT2D eigenvalue weighted by Gasteiger charge is -2.33. The maximum atomic E-state index is 13.4. The molecule has 1 fully saturated rings. The Morgan fingerprint density at radius 3 is 3.06 bits per heavy atom. The lowest BCUT2D eigenvalue weighted by Crippen LogP contribution is -2.40. The second-order valence-corrected chi connectivity index (χ2v) is 5.46. The highest BCUT2D eigenvalue weighted by atomic mass is 35.5. The van der Waals surface area contributed by atoms with E-state index in [1.165, 1.54) is 6.07 Å². The number of hydrogen-bond donors (Lipinski definition) is 1. The summed E-state index contributed by atoms with van der Waals surface area (Å²) in [6, 6.07) is 4.89. The van der Waals surface area contributed by atoms with E-state index in [1.807, 2.05) is 6.07 Å². The van der Waals surface area contributed by atoms with Crippen molar-refractivity contribution in [2.75, 3.05) is 13.2 Å². The van der Waals surface area contributed by atoms with E-state index in [4.69, 9.17) is 22.1 Å². The Hall–Kier alpha value is -0.640. The Labute approximate surface area is 112 Å². The molecule has 1 aromatic carbocycles. The summed E-state index contributed by atoms with van der Waals surface area (Å²) in [6.45, 7) is 3.67. The summed E-state index contributed by atoms with van der Waals surface area (Å²) in [4.78, 5) is 0. The molecule has 0 bridgehead atoms. The first-order chi connectivity index (χ1) is 8.59. The minimum Gasteiger partial charge on any atom is -0.381 e. The zero-order chi connectivity index (χ0) is 13.1. The third-order valence-corrected chi connectivity index (χ3v) is 4.17. The van der Waals surface area contributed by atoms with Crippen molar-refractivity contribution in [2.24, 2.45) is 17.6 Å². The fourth-order valence-corrected chi connectivity index (χ4v) is 2.85. The van der Waals surface area contributed by atoms with Crippen LogP contribution in [0.25, 0.3) is 0 Å². The van der Waals surface area contributed by atoms with Crippen molar-refractivity contribution in [1.29, 1.82) is 0 Å². The molecule has 1 aliphatic heterocycles. The number of hydrogen-bond acceptors (Lipinski definition) is 2. The third-order valence-electron chi connectivity index (χ3n) is 3.74. The molecule has 18 heavy (non-hydrogen) atoms. The van der Waals surface area contributed by atoms with Gasteiger partial charge in [0.1, 0.15) is 5.82 Å². The molecule has 0 spiro atoms. The summed E-state index contributed by atoms with van der Waals surface area (Å²) >= 11 is 5.96. The van der Waals surface area contributed by atoms with E-state index in [1.54, 1.807) is 6.07 Å². The van der Waals surface area contributed by atoms with Gasteiger partial charge in [-0.25, -0.2) is 4.39 Å². The zero-order valence-corrected chi connectivity index (χ0v) is 11.3. The fraction of sp³-hybridized carbons (Fsp3) is 0.571. The molecule has 1 heterocycles. The topological polar surface area (TPSA) is 35.2 Å². The molecule has 0 radical (unpaired) electrons. The first-order valence-electron chi connectivity index (χ1n) is 6.35. The van der Waals surface area contributed by atoms with Crippen LogP contribution in [-0.2, 0) is 11.2 Å². The maximum Gasteiger partial charge on any atom is 0.142 e. The lowest BCUT2D eigenvalue weighted by atomic mass is 9.81. The van der Waals surface area contributed by atoms with Gasteiger partial charge in [-0.15, -0.1) is 0 Å². The van der Waals surface area contributed by atoms with Crippen LogP contribution in [0.5, 0.6) is 0 Å². The van der Waals surface area contributed by atoms with Gasteiger partial charge in [-0.3, -0.25) is 0 Å². The van der Waals surface area contributed by atoms with Gasteiger partial charge in [-0.2, -0.15) is 0 Å². The molecule has 0 aromatic heterocycles. The first kappa shape index (κ1) is 13.8. The highest BCUT2D eigenvalue weighted by Gasteiger charge is 2.28. The van der Waals surface area contributed by atoms with Gasteiger partial charge < -0.3 is 10.5 Å². The van der Waals surface area contributed by atoms with E-state index >= 15 is 0 Å². The van der Waals surface area contributed by atoms with Crippen LogP contribution in [0, 0.1) is 17.7 Å². The molecule has 3 atom stereocenters. The largest absolute Gasteiger partial charge is 0.381 e. The zero-order valence-electron chi connectivity index (χ0n) is 10.5. The Bertz CT molecular complexity index is 413. The van der Waals surface area contributed by atoms with Crippen molar-refractivity contribution in [3.05, 3.63) is 34.6 Å². The van der Waals surface area contributed by atoms with Gasteiger partial charge in [-0.05, 0) is 36.3 Å². The van der Waals surface area contributed by atoms with Crippen LogP contribution in [-0.4, -0.2) is 19.3 Å². The number of ether oxygens (including phenoxy) is 1. The van der Waals surface area contributed by atoms with Gasteiger partial charge in [0, 0.05) is 19.3 Å². The van der Waals surface area contributed by atoms with Crippen molar-refractivity contribution < 1.29 is 9.13 Å². The summed E-state index contributed by atoms with van der Waals surface area (Å²) in [7, 11) is 0. The maximum absolute atomic E-state index is 13.4. The van der Waals surface area contributed by atoms with E-state index in [-0.39, 0.29) is 16.9 Å². The molecular weight excluding hydrogens is 253 g/mol. The van der Waals surface area contributed by atoms with Gasteiger partial charge in [0.15, 0.2) is 0 Å². The molecule has 1 saturated heterocycles. The molecular formula is C14H19ClFNO. The average molecular weight is 272 g/mol. The molecule has 0 aliphatic carbocycles. The number of halogens is 2. The van der Waals surface area contributed by atoms with Crippen molar-refractivity contribution >= 4 is 11.6 Å². The number of nitrogens with two attached hydrogens (primary N) is 1. The minimum absolute atomic E-state index is 0.00296. The fourth-order valence-electron chi connectivity index (χ4n) is 2.64. The number of rotatable bonds is 3. The van der Waals surface area contributed by atoms with E-state index < -0.39 is 0 Å². The molecule has 3 unspecified atom stereocenters. The van der Waals surface area contributed by atoms with Gasteiger partial charge in [-0.1, -0.05) is 30.7 Å². The van der Waals surface area contributed by atoms with Crippen molar-refractivity contribution in [1.82, 2.24) is 0 Å². The average Bonchev–Trinajstić information content (AvgIpc) is 2.35. The monoisotopic (exact) mass is 271 g/mol. The molecule has 0 amide bonds. The van der Waals surface area contributed by atoms with E-state index in [0.717, 1.165) is 25.2 Å². The standard InChI is InChI=1S/C14H19ClFNO/c1-9-8-18-6-5-11(9)13(17)7-10-3-2-4-12(16)14(10)15/h2-4,9,11,13H,5-8,17H2,1H3. The minimum atomic E-state index is -0.374.